The van der Waals surface area contributed by atoms with Crippen molar-refractivity contribution < 1.29 is 14.6 Å². The van der Waals surface area contributed by atoms with Gasteiger partial charge in [0.05, 0.1) is 5.92 Å². The van der Waals surface area contributed by atoms with Crippen LogP contribution < -0.4 is 0 Å². The fraction of sp³-hybridized carbons (Fsp3) is 0.889. The maximum Gasteiger partial charge on any atom is 0.310 e. The van der Waals surface area contributed by atoms with Crippen LogP contribution in [-0.4, -0.2) is 17.4 Å². The highest BCUT2D eigenvalue weighted by molar-refractivity contribution is 5.71. The number of esters is 1. The summed E-state index contributed by atoms with van der Waals surface area (Å²) in [6.45, 7) is 5.51. The lowest BCUT2D eigenvalue weighted by molar-refractivity contribution is -0.172. The second-order valence-electron chi connectivity index (χ2n) is 3.19. The van der Waals surface area contributed by atoms with Crippen LogP contribution >= 0.6 is 0 Å². The van der Waals surface area contributed by atoms with E-state index in [1.807, 2.05) is 6.92 Å². The number of rotatable bonds is 5. The predicted molar refractivity (Wildman–Crippen MR) is 46.5 cm³/mol. The molecule has 0 heterocycles. The van der Waals surface area contributed by atoms with Crippen molar-refractivity contribution in [3.05, 3.63) is 0 Å². The highest BCUT2D eigenvalue weighted by Crippen LogP contribution is 2.05. The minimum absolute atomic E-state index is 0.165. The van der Waals surface area contributed by atoms with E-state index in [1.54, 1.807) is 13.8 Å². The second kappa shape index (κ2) is 6.00. The van der Waals surface area contributed by atoms with E-state index in [0.717, 1.165) is 12.8 Å². The fourth-order valence-corrected chi connectivity index (χ4v) is 0.708. The highest BCUT2D eigenvalue weighted by atomic mass is 16.6. The van der Waals surface area contributed by atoms with Gasteiger partial charge in [0.1, 0.15) is 0 Å². The zero-order chi connectivity index (χ0) is 9.56. The fourth-order valence-electron chi connectivity index (χ4n) is 0.708. The molecule has 3 heteroatoms. The first-order chi connectivity index (χ1) is 5.57. The van der Waals surface area contributed by atoms with Gasteiger partial charge in [0.15, 0.2) is 0 Å². The standard InChI is InChI=1S/C9H18O3/c1-4-5-6-8(10)12-9(11)7(2)3/h7-8,10H,4-6H2,1-3H3. The SMILES string of the molecule is CCCCC(O)OC(=O)C(C)C. The third-order valence-electron chi connectivity index (χ3n) is 1.53. The summed E-state index contributed by atoms with van der Waals surface area (Å²) < 4.78 is 4.73. The first kappa shape index (κ1) is 11.4. The molecule has 0 aromatic rings. The molecule has 12 heavy (non-hydrogen) atoms. The van der Waals surface area contributed by atoms with Crippen LogP contribution in [0.3, 0.4) is 0 Å². The smallest absolute Gasteiger partial charge is 0.310 e. The summed E-state index contributed by atoms with van der Waals surface area (Å²) in [5, 5.41) is 9.16. The number of hydrogen-bond donors (Lipinski definition) is 1. The van der Waals surface area contributed by atoms with Crippen LogP contribution in [-0.2, 0) is 9.53 Å². The lowest BCUT2D eigenvalue weighted by Gasteiger charge is -2.12. The molecule has 0 aliphatic rings. The Labute approximate surface area is 73.7 Å². The Morgan fingerprint density at radius 3 is 2.50 bits per heavy atom. The van der Waals surface area contributed by atoms with E-state index in [9.17, 15) is 4.79 Å². The van der Waals surface area contributed by atoms with E-state index in [4.69, 9.17) is 9.84 Å². The predicted octanol–water partition coefficient (Wildman–Crippen LogP) is 1.69. The Morgan fingerprint density at radius 1 is 1.50 bits per heavy atom. The number of aliphatic hydroxyl groups excluding tert-OH is 1. The van der Waals surface area contributed by atoms with Crippen LogP contribution in [0.4, 0.5) is 0 Å². The van der Waals surface area contributed by atoms with Gasteiger partial charge in [0.25, 0.3) is 0 Å². The molecule has 0 aromatic carbocycles. The molecule has 0 aromatic heterocycles. The molecule has 1 unspecified atom stereocenters. The summed E-state index contributed by atoms with van der Waals surface area (Å²) in [5.74, 6) is -0.500. The van der Waals surface area contributed by atoms with E-state index in [2.05, 4.69) is 0 Å². The molecule has 72 valence electrons. The number of aliphatic hydroxyl groups is 1. The molecule has 0 bridgehead atoms. The Balaban J connectivity index is 3.54. The molecule has 0 aliphatic carbocycles. The molecule has 0 radical (unpaired) electrons. The Bertz CT molecular complexity index is 132. The Morgan fingerprint density at radius 2 is 2.08 bits per heavy atom. The molecule has 0 spiro atoms. The van der Waals surface area contributed by atoms with Crippen molar-refractivity contribution in [2.24, 2.45) is 5.92 Å². The summed E-state index contributed by atoms with van der Waals surface area (Å²) in [5.41, 5.74) is 0. The minimum atomic E-state index is -0.917. The molecule has 0 rings (SSSR count). The Hall–Kier alpha value is -0.570. The monoisotopic (exact) mass is 174 g/mol. The molecule has 1 N–H and O–H groups in total. The molecular weight excluding hydrogens is 156 g/mol. The van der Waals surface area contributed by atoms with Gasteiger partial charge >= 0.3 is 5.97 Å². The number of ether oxygens (including phenoxy) is 1. The highest BCUT2D eigenvalue weighted by Gasteiger charge is 2.13. The van der Waals surface area contributed by atoms with Crippen LogP contribution in [0.5, 0.6) is 0 Å². The van der Waals surface area contributed by atoms with Gasteiger partial charge in [0, 0.05) is 6.42 Å². The summed E-state index contributed by atoms with van der Waals surface area (Å²) in [4.78, 5) is 10.9. The Kier molecular flexibility index (Phi) is 5.72. The average Bonchev–Trinajstić information content (AvgIpc) is 2.00. The van der Waals surface area contributed by atoms with E-state index < -0.39 is 6.29 Å². The lowest BCUT2D eigenvalue weighted by atomic mass is 10.2. The van der Waals surface area contributed by atoms with Crippen molar-refractivity contribution in [3.63, 3.8) is 0 Å². The largest absolute Gasteiger partial charge is 0.436 e. The van der Waals surface area contributed by atoms with Gasteiger partial charge in [-0.05, 0) is 6.42 Å². The van der Waals surface area contributed by atoms with Crippen molar-refractivity contribution in [2.75, 3.05) is 0 Å². The van der Waals surface area contributed by atoms with Crippen molar-refractivity contribution >= 4 is 5.97 Å². The zero-order valence-electron chi connectivity index (χ0n) is 8.04. The molecule has 3 nitrogen and oxygen atoms in total. The third-order valence-corrected chi connectivity index (χ3v) is 1.53. The van der Waals surface area contributed by atoms with Crippen LogP contribution in [0.15, 0.2) is 0 Å². The average molecular weight is 174 g/mol. The van der Waals surface area contributed by atoms with Crippen molar-refractivity contribution in [1.29, 1.82) is 0 Å². The maximum atomic E-state index is 10.9. The van der Waals surface area contributed by atoms with Crippen molar-refractivity contribution in [3.8, 4) is 0 Å². The maximum absolute atomic E-state index is 10.9. The molecular formula is C9H18O3. The first-order valence-corrected chi connectivity index (χ1v) is 4.46. The molecule has 0 saturated carbocycles. The number of unbranched alkanes of at least 4 members (excludes halogenated alkanes) is 1. The quantitative estimate of drug-likeness (QED) is 0.509. The van der Waals surface area contributed by atoms with Gasteiger partial charge in [-0.1, -0.05) is 27.2 Å². The van der Waals surface area contributed by atoms with Crippen molar-refractivity contribution in [1.82, 2.24) is 0 Å². The van der Waals surface area contributed by atoms with E-state index in [-0.39, 0.29) is 11.9 Å². The summed E-state index contributed by atoms with van der Waals surface area (Å²) in [6.07, 6.45) is 1.50. The normalized spacial score (nSPS) is 13.1. The topological polar surface area (TPSA) is 46.5 Å². The molecule has 0 aliphatic heterocycles. The van der Waals surface area contributed by atoms with Gasteiger partial charge < -0.3 is 9.84 Å². The van der Waals surface area contributed by atoms with Gasteiger partial charge in [-0.15, -0.1) is 0 Å². The van der Waals surface area contributed by atoms with E-state index >= 15 is 0 Å². The molecule has 0 saturated heterocycles. The number of carbonyl (C=O) groups excluding carboxylic acids is 1. The second-order valence-corrected chi connectivity index (χ2v) is 3.19. The van der Waals surface area contributed by atoms with Crippen LogP contribution in [0.1, 0.15) is 40.0 Å². The van der Waals surface area contributed by atoms with Gasteiger partial charge in [0.2, 0.25) is 6.29 Å². The summed E-state index contributed by atoms with van der Waals surface area (Å²) >= 11 is 0. The molecule has 0 amide bonds. The van der Waals surface area contributed by atoms with Gasteiger partial charge in [-0.3, -0.25) is 4.79 Å². The number of hydrogen-bond acceptors (Lipinski definition) is 3. The number of carbonyl (C=O) groups is 1. The molecule has 1 atom stereocenters. The lowest BCUT2D eigenvalue weighted by Crippen LogP contribution is -2.20. The van der Waals surface area contributed by atoms with Gasteiger partial charge in [-0.25, -0.2) is 0 Å². The van der Waals surface area contributed by atoms with E-state index in [0.29, 0.717) is 6.42 Å². The van der Waals surface area contributed by atoms with Crippen molar-refractivity contribution in [2.45, 2.75) is 46.3 Å². The van der Waals surface area contributed by atoms with Crippen LogP contribution in [0.2, 0.25) is 0 Å². The first-order valence-electron chi connectivity index (χ1n) is 4.46. The zero-order valence-corrected chi connectivity index (χ0v) is 8.04. The van der Waals surface area contributed by atoms with Crippen LogP contribution in [0.25, 0.3) is 0 Å². The minimum Gasteiger partial charge on any atom is -0.436 e. The van der Waals surface area contributed by atoms with Crippen LogP contribution in [0, 0.1) is 5.92 Å². The van der Waals surface area contributed by atoms with E-state index in [1.165, 1.54) is 0 Å². The third kappa shape index (κ3) is 5.13. The van der Waals surface area contributed by atoms with Gasteiger partial charge in [-0.2, -0.15) is 0 Å². The summed E-state index contributed by atoms with van der Waals surface area (Å²) in [7, 11) is 0. The summed E-state index contributed by atoms with van der Waals surface area (Å²) in [6, 6.07) is 0. The molecule has 0 fully saturated rings.